The lowest BCUT2D eigenvalue weighted by molar-refractivity contribution is 0.0485. The van der Waals surface area contributed by atoms with Gasteiger partial charge in [-0.05, 0) is 46.6 Å². The number of guanidine groups is 1. The summed E-state index contributed by atoms with van der Waals surface area (Å²) >= 11 is 0. The molecule has 0 saturated carbocycles. The van der Waals surface area contributed by atoms with E-state index in [0.29, 0.717) is 12.0 Å². The Kier molecular flexibility index (Phi) is 11.6. The molecule has 2 atom stereocenters. The zero-order chi connectivity index (χ0) is 23.6. The number of hydrogen-bond acceptors (Lipinski definition) is 5. The number of piperazine rings is 1. The summed E-state index contributed by atoms with van der Waals surface area (Å²) in [5.74, 6) is 1.21. The fourth-order valence-electron chi connectivity index (χ4n) is 3.74. The Balaban J connectivity index is 2.48. The largest absolute Gasteiger partial charge is 0.444 e. The minimum atomic E-state index is -0.492. The third-order valence-corrected chi connectivity index (χ3v) is 5.89. The van der Waals surface area contributed by atoms with E-state index in [-0.39, 0.29) is 12.1 Å². The Morgan fingerprint density at radius 3 is 2.26 bits per heavy atom. The molecule has 8 heteroatoms. The molecule has 0 radical (unpaired) electrons. The molecule has 2 N–H and O–H groups in total. The van der Waals surface area contributed by atoms with Crippen molar-refractivity contribution in [3.63, 3.8) is 0 Å². The SMILES string of the molecule is CCN1CCN(C(C)CNC(=NC)N(C)CCC(NC(=O)OC(C)(C)C)C(C)C)CC1. The first-order chi connectivity index (χ1) is 14.5. The molecule has 1 heterocycles. The third-order valence-electron chi connectivity index (χ3n) is 5.89. The summed E-state index contributed by atoms with van der Waals surface area (Å²) in [5, 5.41) is 6.55. The van der Waals surface area contributed by atoms with Crippen LogP contribution >= 0.6 is 0 Å². The summed E-state index contributed by atoms with van der Waals surface area (Å²) in [6, 6.07) is 0.505. The van der Waals surface area contributed by atoms with Gasteiger partial charge in [0.25, 0.3) is 0 Å². The van der Waals surface area contributed by atoms with Crippen LogP contribution < -0.4 is 10.6 Å². The van der Waals surface area contributed by atoms with Gasteiger partial charge in [0.2, 0.25) is 0 Å². The van der Waals surface area contributed by atoms with Gasteiger partial charge in [-0.2, -0.15) is 0 Å². The summed E-state index contributed by atoms with van der Waals surface area (Å²) in [6.07, 6.45) is 0.469. The van der Waals surface area contributed by atoms with E-state index in [2.05, 4.69) is 58.0 Å². The second kappa shape index (κ2) is 13.1. The number of likely N-dealkylation sites (N-methyl/N-ethyl adjacent to an activating group) is 1. The lowest BCUT2D eigenvalue weighted by Gasteiger charge is -2.38. The van der Waals surface area contributed by atoms with Crippen LogP contribution in [0.4, 0.5) is 4.79 Å². The zero-order valence-electron chi connectivity index (χ0n) is 21.5. The Morgan fingerprint density at radius 1 is 1.16 bits per heavy atom. The number of ether oxygens (including phenoxy) is 1. The van der Waals surface area contributed by atoms with E-state index in [1.54, 1.807) is 0 Å². The highest BCUT2D eigenvalue weighted by Crippen LogP contribution is 2.11. The zero-order valence-corrected chi connectivity index (χ0v) is 21.5. The first kappa shape index (κ1) is 27.5. The van der Waals surface area contributed by atoms with Crippen molar-refractivity contribution in [2.24, 2.45) is 10.9 Å². The molecule has 1 saturated heterocycles. The molecule has 0 aliphatic carbocycles. The Hall–Kier alpha value is -1.54. The fourth-order valence-corrected chi connectivity index (χ4v) is 3.74. The molecule has 1 aliphatic rings. The Labute approximate surface area is 190 Å². The highest BCUT2D eigenvalue weighted by Gasteiger charge is 2.23. The van der Waals surface area contributed by atoms with E-state index < -0.39 is 5.60 Å². The summed E-state index contributed by atoms with van der Waals surface area (Å²) in [5.41, 5.74) is -0.492. The lowest BCUT2D eigenvalue weighted by Crippen LogP contribution is -2.53. The van der Waals surface area contributed by atoms with E-state index in [1.165, 1.54) is 0 Å². The number of carbonyl (C=O) groups excluding carboxylic acids is 1. The summed E-state index contributed by atoms with van der Waals surface area (Å²) < 4.78 is 5.42. The van der Waals surface area contributed by atoms with Gasteiger partial charge in [-0.25, -0.2) is 4.79 Å². The minimum absolute atomic E-state index is 0.0455. The maximum Gasteiger partial charge on any atom is 0.407 e. The van der Waals surface area contributed by atoms with Gasteiger partial charge in [0.15, 0.2) is 5.96 Å². The first-order valence-corrected chi connectivity index (χ1v) is 11.8. The van der Waals surface area contributed by atoms with Crippen LogP contribution in [0.15, 0.2) is 4.99 Å². The van der Waals surface area contributed by atoms with E-state index in [1.807, 2.05) is 34.9 Å². The molecule has 0 spiro atoms. The van der Waals surface area contributed by atoms with E-state index in [0.717, 1.165) is 58.2 Å². The number of nitrogens with zero attached hydrogens (tertiary/aromatic N) is 4. The van der Waals surface area contributed by atoms with Crippen molar-refractivity contribution < 1.29 is 9.53 Å². The summed E-state index contributed by atoms with van der Waals surface area (Å²) in [4.78, 5) is 23.8. The highest BCUT2D eigenvalue weighted by molar-refractivity contribution is 5.79. The van der Waals surface area contributed by atoms with Crippen LogP contribution in [0, 0.1) is 5.92 Å². The Morgan fingerprint density at radius 2 is 1.77 bits per heavy atom. The molecule has 8 nitrogen and oxygen atoms in total. The molecule has 2 unspecified atom stereocenters. The number of nitrogens with one attached hydrogen (secondary N) is 2. The average Bonchev–Trinajstić information content (AvgIpc) is 2.69. The highest BCUT2D eigenvalue weighted by atomic mass is 16.6. The van der Waals surface area contributed by atoms with Crippen LogP contribution in [0.1, 0.15) is 54.9 Å². The number of aliphatic imine (C=N–C) groups is 1. The number of rotatable bonds is 9. The van der Waals surface area contributed by atoms with E-state index in [9.17, 15) is 4.79 Å². The predicted octanol–water partition coefficient (Wildman–Crippen LogP) is 2.46. The molecule has 0 aromatic rings. The third kappa shape index (κ3) is 10.5. The Bertz CT molecular complexity index is 553. The molecule has 31 heavy (non-hydrogen) atoms. The van der Waals surface area contributed by atoms with Crippen molar-refractivity contribution in [2.45, 2.75) is 72.6 Å². The van der Waals surface area contributed by atoms with Crippen molar-refractivity contribution >= 4 is 12.1 Å². The topological polar surface area (TPSA) is 72.4 Å². The van der Waals surface area contributed by atoms with Crippen molar-refractivity contribution in [1.29, 1.82) is 0 Å². The van der Waals surface area contributed by atoms with Gasteiger partial charge in [-0.15, -0.1) is 0 Å². The van der Waals surface area contributed by atoms with Crippen LogP contribution in [0.5, 0.6) is 0 Å². The number of amides is 1. The van der Waals surface area contributed by atoms with Gasteiger partial charge in [-0.1, -0.05) is 20.8 Å². The van der Waals surface area contributed by atoms with Crippen LogP contribution in [-0.2, 0) is 4.74 Å². The molecular formula is C23H48N6O2. The molecule has 0 aromatic heterocycles. The fraction of sp³-hybridized carbons (Fsp3) is 0.913. The molecule has 1 aliphatic heterocycles. The normalized spacial score (nSPS) is 18.6. The van der Waals surface area contributed by atoms with Crippen molar-refractivity contribution in [2.75, 3.05) is 59.9 Å². The second-order valence-electron chi connectivity index (χ2n) is 9.95. The maximum absolute atomic E-state index is 12.2. The molecule has 0 bridgehead atoms. The number of carbonyl (C=O) groups is 1. The van der Waals surface area contributed by atoms with Gasteiger partial charge in [0.1, 0.15) is 5.60 Å². The monoisotopic (exact) mass is 440 g/mol. The maximum atomic E-state index is 12.2. The standard InChI is InChI=1S/C23H48N6O2/c1-10-28-13-15-29(16-14-28)19(4)17-25-21(24-8)27(9)12-11-20(18(2)3)26-22(30)31-23(5,6)7/h18-20H,10-17H2,1-9H3,(H,24,25)(H,26,30). The molecule has 182 valence electrons. The molecule has 1 fully saturated rings. The minimum Gasteiger partial charge on any atom is -0.444 e. The van der Waals surface area contributed by atoms with Crippen molar-refractivity contribution in [3.8, 4) is 0 Å². The van der Waals surface area contributed by atoms with Crippen LogP contribution in [0.3, 0.4) is 0 Å². The van der Waals surface area contributed by atoms with E-state index in [4.69, 9.17) is 4.74 Å². The molecule has 1 amide bonds. The second-order valence-corrected chi connectivity index (χ2v) is 9.95. The smallest absolute Gasteiger partial charge is 0.407 e. The molecule has 0 aromatic carbocycles. The van der Waals surface area contributed by atoms with Crippen LogP contribution in [0.25, 0.3) is 0 Å². The molecular weight excluding hydrogens is 392 g/mol. The van der Waals surface area contributed by atoms with Crippen molar-refractivity contribution in [3.05, 3.63) is 0 Å². The number of hydrogen-bond donors (Lipinski definition) is 2. The summed E-state index contributed by atoms with van der Waals surface area (Å²) in [6.45, 7) is 21.7. The van der Waals surface area contributed by atoms with Crippen LogP contribution in [0.2, 0.25) is 0 Å². The van der Waals surface area contributed by atoms with Gasteiger partial charge in [0.05, 0.1) is 0 Å². The quantitative estimate of drug-likeness (QED) is 0.424. The van der Waals surface area contributed by atoms with E-state index >= 15 is 0 Å². The van der Waals surface area contributed by atoms with Gasteiger partial charge in [0, 0.05) is 65.4 Å². The van der Waals surface area contributed by atoms with Gasteiger partial charge >= 0.3 is 6.09 Å². The molecule has 1 rings (SSSR count). The average molecular weight is 441 g/mol. The van der Waals surface area contributed by atoms with Gasteiger partial charge < -0.3 is 25.2 Å². The number of alkyl carbamates (subject to hydrolysis) is 1. The predicted molar refractivity (Wildman–Crippen MR) is 130 cm³/mol. The van der Waals surface area contributed by atoms with Gasteiger partial charge in [-0.3, -0.25) is 9.89 Å². The van der Waals surface area contributed by atoms with Crippen molar-refractivity contribution in [1.82, 2.24) is 25.3 Å². The first-order valence-electron chi connectivity index (χ1n) is 11.8. The van der Waals surface area contributed by atoms with Crippen LogP contribution in [-0.4, -0.2) is 104 Å². The lowest BCUT2D eigenvalue weighted by atomic mass is 10.0. The summed E-state index contributed by atoms with van der Waals surface area (Å²) in [7, 11) is 3.87.